The molecule has 144 valence electrons. The Balaban J connectivity index is 1.93. The van der Waals surface area contributed by atoms with Gasteiger partial charge >= 0.3 is 5.97 Å². The van der Waals surface area contributed by atoms with Gasteiger partial charge in [-0.15, -0.1) is 0 Å². The lowest BCUT2D eigenvalue weighted by Gasteiger charge is -2.23. The number of Topliss-reactive ketones (excluding diaryl/α,β-unsaturated/α-hetero) is 1. The Morgan fingerprint density at radius 3 is 2.48 bits per heavy atom. The van der Waals surface area contributed by atoms with Gasteiger partial charge in [-0.1, -0.05) is 6.07 Å². The first kappa shape index (κ1) is 19.0. The highest BCUT2D eigenvalue weighted by Gasteiger charge is 2.32. The van der Waals surface area contributed by atoms with Crippen LogP contribution in [0.15, 0.2) is 18.2 Å². The van der Waals surface area contributed by atoms with Crippen molar-refractivity contribution in [2.24, 2.45) is 0 Å². The number of methoxy groups -OCH3 is 2. The Hall–Kier alpha value is -2.76. The van der Waals surface area contributed by atoms with Gasteiger partial charge < -0.3 is 19.2 Å². The van der Waals surface area contributed by atoms with Crippen LogP contribution in [0.4, 0.5) is 0 Å². The second-order valence-corrected chi connectivity index (χ2v) is 7.08. The van der Waals surface area contributed by atoms with Gasteiger partial charge in [-0.25, -0.2) is 4.79 Å². The summed E-state index contributed by atoms with van der Waals surface area (Å²) in [4.78, 5) is 28.2. The number of fused-ring (bicyclic) bond motifs is 1. The molecule has 1 aromatic carbocycles. The van der Waals surface area contributed by atoms with Crippen molar-refractivity contribution in [1.29, 1.82) is 0 Å². The highest BCUT2D eigenvalue weighted by Crippen LogP contribution is 2.38. The number of H-pyrrole nitrogens is 1. The summed E-state index contributed by atoms with van der Waals surface area (Å²) in [5, 5.41) is 0. The van der Waals surface area contributed by atoms with Crippen LogP contribution < -0.4 is 9.47 Å². The van der Waals surface area contributed by atoms with E-state index in [-0.39, 0.29) is 17.8 Å². The second kappa shape index (κ2) is 7.47. The van der Waals surface area contributed by atoms with Gasteiger partial charge in [-0.05, 0) is 56.4 Å². The number of ether oxygens (including phenoxy) is 3. The van der Waals surface area contributed by atoms with Crippen molar-refractivity contribution < 1.29 is 23.8 Å². The predicted octanol–water partition coefficient (Wildman–Crippen LogP) is 3.82. The minimum absolute atomic E-state index is 0.0109. The van der Waals surface area contributed by atoms with Crippen LogP contribution in [-0.2, 0) is 11.2 Å². The maximum Gasteiger partial charge on any atom is 0.355 e. The Labute approximate surface area is 158 Å². The zero-order valence-electron chi connectivity index (χ0n) is 16.3. The summed E-state index contributed by atoms with van der Waals surface area (Å²) in [6.07, 6.45) is 0.819. The van der Waals surface area contributed by atoms with E-state index in [0.29, 0.717) is 41.2 Å². The normalized spacial score (nSPS) is 16.2. The van der Waals surface area contributed by atoms with Crippen molar-refractivity contribution in [3.05, 3.63) is 46.3 Å². The van der Waals surface area contributed by atoms with E-state index in [0.717, 1.165) is 11.3 Å². The van der Waals surface area contributed by atoms with Crippen molar-refractivity contribution in [3.63, 3.8) is 0 Å². The summed E-state index contributed by atoms with van der Waals surface area (Å²) in [6.45, 7) is 5.39. The average molecular weight is 371 g/mol. The number of aromatic nitrogens is 1. The molecule has 2 aromatic rings. The summed E-state index contributed by atoms with van der Waals surface area (Å²) in [5.74, 6) is 0.910. The number of hydrogen-bond acceptors (Lipinski definition) is 5. The van der Waals surface area contributed by atoms with Crippen molar-refractivity contribution >= 4 is 11.8 Å². The van der Waals surface area contributed by atoms with Crippen LogP contribution in [0.3, 0.4) is 0 Å². The van der Waals surface area contributed by atoms with Gasteiger partial charge in [0, 0.05) is 17.7 Å². The third kappa shape index (κ3) is 3.56. The number of aromatic amines is 1. The summed E-state index contributed by atoms with van der Waals surface area (Å²) < 4.78 is 15.9. The van der Waals surface area contributed by atoms with Crippen LogP contribution in [0.1, 0.15) is 63.9 Å². The van der Waals surface area contributed by atoms with Crippen LogP contribution >= 0.6 is 0 Å². The Morgan fingerprint density at radius 1 is 1.15 bits per heavy atom. The highest BCUT2D eigenvalue weighted by atomic mass is 16.5. The number of carbonyl (C=O) groups excluding carboxylic acids is 2. The fourth-order valence-electron chi connectivity index (χ4n) is 3.65. The molecule has 0 amide bonds. The lowest BCUT2D eigenvalue weighted by molar-refractivity contribution is 0.0370. The molecule has 1 aromatic heterocycles. The third-order valence-corrected chi connectivity index (χ3v) is 4.91. The summed E-state index contributed by atoms with van der Waals surface area (Å²) >= 11 is 0. The summed E-state index contributed by atoms with van der Waals surface area (Å²) in [7, 11) is 3.18. The van der Waals surface area contributed by atoms with E-state index in [1.54, 1.807) is 35.0 Å². The van der Waals surface area contributed by atoms with Crippen LogP contribution in [0.25, 0.3) is 0 Å². The maximum atomic E-state index is 12.8. The number of hydrogen-bond donors (Lipinski definition) is 1. The number of nitrogens with one attached hydrogen (secondary N) is 1. The van der Waals surface area contributed by atoms with Gasteiger partial charge in [-0.3, -0.25) is 4.79 Å². The summed E-state index contributed by atoms with van der Waals surface area (Å²) in [6, 6.07) is 5.71. The fraction of sp³-hybridized carbons (Fsp3) is 0.429. The molecular formula is C21H25NO5. The standard InChI is InChI=1S/C21H25NO5/c1-11(2)27-21(24)20-12(3)19-15(22-20)8-14(9-16(19)23)13-6-7-17(25-4)18(10-13)26-5/h6-7,10-11,14,22H,8-9H2,1-5H3/t14-/m1/s1. The number of esters is 1. The third-order valence-electron chi connectivity index (χ3n) is 4.91. The molecule has 1 aliphatic carbocycles. The summed E-state index contributed by atoms with van der Waals surface area (Å²) in [5.41, 5.74) is 3.47. The topological polar surface area (TPSA) is 77.6 Å². The molecule has 27 heavy (non-hydrogen) atoms. The van der Waals surface area contributed by atoms with Crippen LogP contribution in [0, 0.1) is 6.92 Å². The van der Waals surface area contributed by atoms with Crippen molar-refractivity contribution in [2.75, 3.05) is 14.2 Å². The number of benzene rings is 1. The molecule has 1 aliphatic rings. The van der Waals surface area contributed by atoms with Gasteiger partial charge in [0.1, 0.15) is 5.69 Å². The largest absolute Gasteiger partial charge is 0.493 e. The Kier molecular flexibility index (Phi) is 5.26. The molecule has 0 bridgehead atoms. The van der Waals surface area contributed by atoms with E-state index in [1.807, 2.05) is 18.2 Å². The first-order valence-corrected chi connectivity index (χ1v) is 9.03. The molecule has 6 nitrogen and oxygen atoms in total. The van der Waals surface area contributed by atoms with Crippen molar-refractivity contribution in [2.45, 2.75) is 45.6 Å². The fourth-order valence-corrected chi connectivity index (χ4v) is 3.65. The molecule has 1 N–H and O–H groups in total. The van der Waals surface area contributed by atoms with E-state index in [2.05, 4.69) is 4.98 Å². The molecule has 3 rings (SSSR count). The van der Waals surface area contributed by atoms with Crippen LogP contribution in [-0.4, -0.2) is 37.1 Å². The van der Waals surface area contributed by atoms with Gasteiger partial charge in [0.15, 0.2) is 17.3 Å². The lowest BCUT2D eigenvalue weighted by atomic mass is 9.81. The molecule has 1 heterocycles. The van der Waals surface area contributed by atoms with Gasteiger partial charge in [0.2, 0.25) is 0 Å². The zero-order valence-corrected chi connectivity index (χ0v) is 16.3. The smallest absolute Gasteiger partial charge is 0.355 e. The second-order valence-electron chi connectivity index (χ2n) is 7.08. The van der Waals surface area contributed by atoms with Crippen molar-refractivity contribution in [1.82, 2.24) is 4.98 Å². The molecule has 0 fully saturated rings. The Morgan fingerprint density at radius 2 is 1.85 bits per heavy atom. The SMILES string of the molecule is COc1ccc([C@H]2CC(=O)c3c([nH]c(C(=O)OC(C)C)c3C)C2)cc1OC. The Bertz CT molecular complexity index is 881. The molecule has 0 radical (unpaired) electrons. The van der Waals surface area contributed by atoms with E-state index >= 15 is 0 Å². The molecule has 0 spiro atoms. The number of ketones is 1. The molecular weight excluding hydrogens is 346 g/mol. The molecule has 1 atom stereocenters. The molecule has 6 heteroatoms. The minimum atomic E-state index is -0.424. The minimum Gasteiger partial charge on any atom is -0.493 e. The molecule has 0 saturated carbocycles. The van der Waals surface area contributed by atoms with E-state index in [1.165, 1.54) is 0 Å². The number of rotatable bonds is 5. The zero-order chi connectivity index (χ0) is 19.7. The lowest BCUT2D eigenvalue weighted by Crippen LogP contribution is -2.18. The monoisotopic (exact) mass is 371 g/mol. The molecule has 0 aliphatic heterocycles. The molecule has 0 saturated heterocycles. The first-order chi connectivity index (χ1) is 12.8. The average Bonchev–Trinajstić information content (AvgIpc) is 2.97. The van der Waals surface area contributed by atoms with E-state index in [4.69, 9.17) is 14.2 Å². The van der Waals surface area contributed by atoms with E-state index < -0.39 is 5.97 Å². The van der Waals surface area contributed by atoms with E-state index in [9.17, 15) is 9.59 Å². The van der Waals surface area contributed by atoms with Crippen molar-refractivity contribution in [3.8, 4) is 11.5 Å². The first-order valence-electron chi connectivity index (χ1n) is 9.03. The maximum absolute atomic E-state index is 12.8. The van der Waals surface area contributed by atoms with Crippen LogP contribution in [0.5, 0.6) is 11.5 Å². The number of carbonyl (C=O) groups is 2. The van der Waals surface area contributed by atoms with Gasteiger partial charge in [0.05, 0.1) is 20.3 Å². The highest BCUT2D eigenvalue weighted by molar-refractivity contribution is 6.03. The van der Waals surface area contributed by atoms with Gasteiger partial charge in [0.25, 0.3) is 0 Å². The predicted molar refractivity (Wildman–Crippen MR) is 101 cm³/mol. The molecule has 0 unspecified atom stereocenters. The van der Waals surface area contributed by atoms with Crippen LogP contribution in [0.2, 0.25) is 0 Å². The quantitative estimate of drug-likeness (QED) is 0.809. The van der Waals surface area contributed by atoms with Gasteiger partial charge in [-0.2, -0.15) is 0 Å².